The van der Waals surface area contributed by atoms with Crippen molar-refractivity contribution in [2.24, 2.45) is 0 Å². The van der Waals surface area contributed by atoms with Gasteiger partial charge in [-0.3, -0.25) is 0 Å². The van der Waals surface area contributed by atoms with Crippen molar-refractivity contribution in [3.8, 4) is 0 Å². The molecule has 0 unspecified atom stereocenters. The molecule has 3 nitrogen and oxygen atoms in total. The van der Waals surface area contributed by atoms with Gasteiger partial charge in [-0.1, -0.05) is 27.7 Å². The van der Waals surface area contributed by atoms with Gasteiger partial charge in [-0.2, -0.15) is 0 Å². The quantitative estimate of drug-likeness (QED) is 0.661. The van der Waals surface area contributed by atoms with Crippen molar-refractivity contribution >= 4 is 11.0 Å². The van der Waals surface area contributed by atoms with E-state index in [1.165, 1.54) is 6.33 Å². The zero-order valence-electron chi connectivity index (χ0n) is 10.2. The van der Waals surface area contributed by atoms with Gasteiger partial charge < -0.3 is 0 Å². The number of nitrogens with zero attached hydrogens (tertiary/aromatic N) is 3. The molecule has 0 bridgehead atoms. The second-order valence-corrected chi connectivity index (χ2v) is 2.33. The van der Waals surface area contributed by atoms with Crippen LogP contribution in [0.2, 0.25) is 0 Å². The topological polar surface area (TPSA) is 38.7 Å². The van der Waals surface area contributed by atoms with Crippen molar-refractivity contribution in [1.29, 1.82) is 0 Å². The third-order valence-electron chi connectivity index (χ3n) is 1.61. The molecular formula is C12H19N3. The Bertz CT molecular complexity index is 380. The van der Waals surface area contributed by atoms with Crippen LogP contribution in [0.5, 0.6) is 0 Å². The van der Waals surface area contributed by atoms with Crippen LogP contribution in [0.15, 0.2) is 24.7 Å². The highest BCUT2D eigenvalue weighted by atomic mass is 14.9. The summed E-state index contributed by atoms with van der Waals surface area (Å²) in [5.41, 5.74) is 1.74. The molecule has 2 rings (SSSR count). The summed E-state index contributed by atoms with van der Waals surface area (Å²) in [7, 11) is 0. The van der Waals surface area contributed by atoms with Crippen LogP contribution in [0.4, 0.5) is 0 Å². The molecule has 15 heavy (non-hydrogen) atoms. The average Bonchev–Trinajstić information content (AvgIpc) is 2.35. The fourth-order valence-corrected chi connectivity index (χ4v) is 1.02. The lowest BCUT2D eigenvalue weighted by molar-refractivity contribution is 1.13. The van der Waals surface area contributed by atoms with E-state index in [9.17, 15) is 0 Å². The van der Waals surface area contributed by atoms with Crippen molar-refractivity contribution in [3.63, 3.8) is 0 Å². The number of pyridine rings is 1. The summed E-state index contributed by atoms with van der Waals surface area (Å²) in [6, 6.07) is 3.86. The number of hydrogen-bond donors (Lipinski definition) is 0. The van der Waals surface area contributed by atoms with Crippen LogP contribution in [0.3, 0.4) is 0 Å². The Morgan fingerprint density at radius 2 is 1.60 bits per heavy atom. The number of fused-ring (bicyclic) bond motifs is 1. The highest BCUT2D eigenvalue weighted by molar-refractivity contribution is 5.76. The van der Waals surface area contributed by atoms with Gasteiger partial charge in [0.2, 0.25) is 0 Å². The first-order valence-corrected chi connectivity index (χ1v) is 5.40. The Morgan fingerprint density at radius 3 is 2.20 bits per heavy atom. The summed E-state index contributed by atoms with van der Waals surface area (Å²) >= 11 is 0. The molecule has 0 fully saturated rings. The molecule has 0 radical (unpaired) electrons. The van der Waals surface area contributed by atoms with Gasteiger partial charge in [0.05, 0.1) is 5.69 Å². The predicted octanol–water partition coefficient (Wildman–Crippen LogP) is 3.39. The molecule has 0 saturated heterocycles. The average molecular weight is 205 g/mol. The second-order valence-electron chi connectivity index (χ2n) is 2.33. The second kappa shape index (κ2) is 7.85. The standard InChI is InChI=1S/C8H7N3.2C2H6/c1-6-7-3-2-4-9-8(7)11-5-10-6;2*1-2/h2-5H,1H3;2*1-2H3. The predicted molar refractivity (Wildman–Crippen MR) is 64.8 cm³/mol. The van der Waals surface area contributed by atoms with Crippen molar-refractivity contribution in [1.82, 2.24) is 15.0 Å². The van der Waals surface area contributed by atoms with E-state index in [-0.39, 0.29) is 0 Å². The summed E-state index contributed by atoms with van der Waals surface area (Å²) in [5, 5.41) is 1.02. The Kier molecular flexibility index (Phi) is 7.06. The third kappa shape index (κ3) is 3.62. The Labute approximate surface area is 91.6 Å². The first-order chi connectivity index (χ1) is 7.38. The van der Waals surface area contributed by atoms with Gasteiger partial charge in [0.1, 0.15) is 6.33 Å². The lowest BCUT2D eigenvalue weighted by atomic mass is 10.3. The van der Waals surface area contributed by atoms with Gasteiger partial charge in [-0.25, -0.2) is 15.0 Å². The van der Waals surface area contributed by atoms with Gasteiger partial charge in [-0.05, 0) is 19.1 Å². The molecule has 0 atom stereocenters. The zero-order chi connectivity index (χ0) is 11.7. The monoisotopic (exact) mass is 205 g/mol. The maximum Gasteiger partial charge on any atom is 0.162 e. The molecule has 2 aromatic heterocycles. The minimum atomic E-state index is 0.764. The van der Waals surface area contributed by atoms with E-state index >= 15 is 0 Å². The van der Waals surface area contributed by atoms with Gasteiger partial charge in [0.25, 0.3) is 0 Å². The normalized spacial score (nSPS) is 8.33. The fourth-order valence-electron chi connectivity index (χ4n) is 1.02. The van der Waals surface area contributed by atoms with Crippen LogP contribution < -0.4 is 0 Å². The molecule has 2 heterocycles. The van der Waals surface area contributed by atoms with Crippen molar-refractivity contribution in [2.45, 2.75) is 34.6 Å². The zero-order valence-corrected chi connectivity index (χ0v) is 10.2. The van der Waals surface area contributed by atoms with Crippen LogP contribution >= 0.6 is 0 Å². The lowest BCUT2D eigenvalue weighted by Gasteiger charge is -1.95. The van der Waals surface area contributed by atoms with Crippen molar-refractivity contribution in [3.05, 3.63) is 30.4 Å². The molecular weight excluding hydrogens is 186 g/mol. The van der Waals surface area contributed by atoms with Crippen molar-refractivity contribution < 1.29 is 0 Å². The fraction of sp³-hybridized carbons (Fsp3) is 0.417. The largest absolute Gasteiger partial charge is 0.241 e. The molecule has 0 amide bonds. The third-order valence-corrected chi connectivity index (χ3v) is 1.61. The smallest absolute Gasteiger partial charge is 0.162 e. The van der Waals surface area contributed by atoms with Crippen LogP contribution in [0.25, 0.3) is 11.0 Å². The number of aryl methyl sites for hydroxylation is 1. The minimum Gasteiger partial charge on any atom is -0.241 e. The van der Waals surface area contributed by atoms with E-state index in [0.29, 0.717) is 0 Å². The van der Waals surface area contributed by atoms with Crippen LogP contribution in [-0.2, 0) is 0 Å². The van der Waals surface area contributed by atoms with E-state index in [4.69, 9.17) is 0 Å². The molecule has 0 spiro atoms. The molecule has 0 saturated carbocycles. The molecule has 0 aliphatic rings. The highest BCUT2D eigenvalue weighted by Crippen LogP contribution is 2.08. The summed E-state index contributed by atoms with van der Waals surface area (Å²) in [5.74, 6) is 0. The van der Waals surface area contributed by atoms with Gasteiger partial charge >= 0.3 is 0 Å². The molecule has 2 aromatic rings. The summed E-state index contributed by atoms with van der Waals surface area (Å²) in [6.45, 7) is 9.95. The first-order valence-electron chi connectivity index (χ1n) is 5.40. The van der Waals surface area contributed by atoms with Crippen LogP contribution in [-0.4, -0.2) is 15.0 Å². The summed E-state index contributed by atoms with van der Waals surface area (Å²) < 4.78 is 0. The van der Waals surface area contributed by atoms with E-state index in [1.807, 2.05) is 46.8 Å². The lowest BCUT2D eigenvalue weighted by Crippen LogP contribution is -1.88. The minimum absolute atomic E-state index is 0.764. The van der Waals surface area contributed by atoms with E-state index in [2.05, 4.69) is 15.0 Å². The SMILES string of the molecule is CC.CC.Cc1ncnc2ncccc12. The van der Waals surface area contributed by atoms with Crippen LogP contribution in [0.1, 0.15) is 33.4 Å². The Morgan fingerprint density at radius 1 is 0.933 bits per heavy atom. The number of aromatic nitrogens is 3. The first kappa shape index (κ1) is 13.5. The Balaban J connectivity index is 0.000000442. The molecule has 0 aliphatic heterocycles. The van der Waals surface area contributed by atoms with Crippen LogP contribution in [0, 0.1) is 6.92 Å². The van der Waals surface area contributed by atoms with E-state index in [1.54, 1.807) is 6.20 Å². The Hall–Kier alpha value is -1.51. The number of hydrogen-bond acceptors (Lipinski definition) is 3. The van der Waals surface area contributed by atoms with E-state index < -0.39 is 0 Å². The summed E-state index contributed by atoms with van der Waals surface area (Å²) in [6.07, 6.45) is 3.26. The van der Waals surface area contributed by atoms with Gasteiger partial charge in [0.15, 0.2) is 5.65 Å². The molecule has 0 aliphatic carbocycles. The van der Waals surface area contributed by atoms with Crippen molar-refractivity contribution in [2.75, 3.05) is 0 Å². The maximum atomic E-state index is 4.09. The summed E-state index contributed by atoms with van der Waals surface area (Å²) in [4.78, 5) is 12.2. The molecule has 0 N–H and O–H groups in total. The van der Waals surface area contributed by atoms with Gasteiger partial charge in [-0.15, -0.1) is 0 Å². The number of rotatable bonds is 0. The highest BCUT2D eigenvalue weighted by Gasteiger charge is 1.96. The molecule has 82 valence electrons. The van der Waals surface area contributed by atoms with Gasteiger partial charge in [0, 0.05) is 11.6 Å². The maximum absolute atomic E-state index is 4.09. The molecule has 3 heteroatoms. The molecule has 0 aromatic carbocycles. The van der Waals surface area contributed by atoms with E-state index in [0.717, 1.165) is 16.7 Å².